The Balaban J connectivity index is 1.82. The van der Waals surface area contributed by atoms with E-state index >= 15 is 0 Å². The summed E-state index contributed by atoms with van der Waals surface area (Å²) in [5.74, 6) is 1.47. The molecule has 81 valence electrons. The van der Waals surface area contributed by atoms with Crippen LogP contribution in [0.15, 0.2) is 18.2 Å². The molecule has 0 aliphatic heterocycles. The van der Waals surface area contributed by atoms with Crippen LogP contribution in [-0.4, -0.2) is 26.7 Å². The molecular weight excluding hydrogens is 204 g/mol. The first-order chi connectivity index (χ1) is 7.92. The molecule has 5 heteroatoms. The van der Waals surface area contributed by atoms with Crippen LogP contribution in [0.4, 0.5) is 0 Å². The lowest BCUT2D eigenvalue weighted by Crippen LogP contribution is -2.24. The number of nitrogens with zero attached hydrogens (tertiary/aromatic N) is 3. The van der Waals surface area contributed by atoms with Crippen molar-refractivity contribution >= 4 is 0 Å². The summed E-state index contributed by atoms with van der Waals surface area (Å²) in [6.45, 7) is 0. The Hall–Kier alpha value is -1.91. The van der Waals surface area contributed by atoms with Crippen molar-refractivity contribution in [1.82, 2.24) is 20.6 Å². The van der Waals surface area contributed by atoms with Crippen molar-refractivity contribution in [2.45, 2.75) is 25.4 Å². The van der Waals surface area contributed by atoms with Crippen molar-refractivity contribution in [2.24, 2.45) is 0 Å². The number of ether oxygens (including phenoxy) is 1. The van der Waals surface area contributed by atoms with E-state index in [0.717, 1.165) is 24.2 Å². The topological polar surface area (TPSA) is 63.7 Å². The van der Waals surface area contributed by atoms with Crippen molar-refractivity contribution in [3.05, 3.63) is 24.3 Å². The number of aromatic amines is 1. The molecule has 5 nitrogen and oxygen atoms in total. The molecule has 0 bridgehead atoms. The molecule has 1 aromatic heterocycles. The average Bonchev–Trinajstić information content (AvgIpc) is 2.77. The van der Waals surface area contributed by atoms with Crippen LogP contribution in [0.1, 0.15) is 19.3 Å². The standard InChI is InChI=1S/C11H11N4O/c1-3-8(11-12-14-15-13-11)7-10(6-1)16-9-4-2-5-9/h3,6-7,9H,2,4-5H2,(H,12,13,14,15). The van der Waals surface area contributed by atoms with Crippen molar-refractivity contribution in [3.63, 3.8) is 0 Å². The van der Waals surface area contributed by atoms with E-state index in [4.69, 9.17) is 4.74 Å². The van der Waals surface area contributed by atoms with Crippen LogP contribution in [0.5, 0.6) is 5.75 Å². The lowest BCUT2D eigenvalue weighted by atomic mass is 9.96. The molecule has 1 aliphatic carbocycles. The normalized spacial score (nSPS) is 15.8. The highest BCUT2D eigenvalue weighted by Crippen LogP contribution is 2.27. The first kappa shape index (κ1) is 9.33. The van der Waals surface area contributed by atoms with Gasteiger partial charge < -0.3 is 4.74 Å². The smallest absolute Gasteiger partial charge is 0.179 e. The maximum Gasteiger partial charge on any atom is 0.179 e. The van der Waals surface area contributed by atoms with Crippen molar-refractivity contribution in [1.29, 1.82) is 0 Å². The molecule has 0 spiro atoms. The molecular formula is C11H11N4O. The molecule has 3 rings (SSSR count). The van der Waals surface area contributed by atoms with Gasteiger partial charge in [-0.3, -0.25) is 0 Å². The number of aromatic nitrogens is 4. The number of benzene rings is 1. The summed E-state index contributed by atoms with van der Waals surface area (Å²) in [7, 11) is 0. The summed E-state index contributed by atoms with van der Waals surface area (Å²) in [6.07, 6.45) is 3.93. The van der Waals surface area contributed by atoms with Crippen LogP contribution in [-0.2, 0) is 0 Å². The quantitative estimate of drug-likeness (QED) is 0.844. The molecule has 0 saturated heterocycles. The van der Waals surface area contributed by atoms with Gasteiger partial charge >= 0.3 is 0 Å². The lowest BCUT2D eigenvalue weighted by molar-refractivity contribution is 0.120. The van der Waals surface area contributed by atoms with Crippen LogP contribution in [0.25, 0.3) is 11.4 Å². The fourth-order valence-corrected chi connectivity index (χ4v) is 1.62. The van der Waals surface area contributed by atoms with Crippen LogP contribution < -0.4 is 4.74 Å². The number of hydrogen-bond donors (Lipinski definition) is 1. The summed E-state index contributed by atoms with van der Waals surface area (Å²) in [5.41, 5.74) is 0.891. The third-order valence-electron chi connectivity index (χ3n) is 2.74. The fourth-order valence-electron chi connectivity index (χ4n) is 1.62. The Labute approximate surface area is 92.8 Å². The summed E-state index contributed by atoms with van der Waals surface area (Å²) in [4.78, 5) is 0. The van der Waals surface area contributed by atoms with E-state index in [1.165, 1.54) is 6.42 Å². The number of tetrazole rings is 1. The predicted octanol–water partition coefficient (Wildman–Crippen LogP) is 1.60. The van der Waals surface area contributed by atoms with Gasteiger partial charge in [0.25, 0.3) is 0 Å². The highest BCUT2D eigenvalue weighted by Gasteiger charge is 2.19. The maximum absolute atomic E-state index is 5.78. The Morgan fingerprint density at radius 2 is 2.31 bits per heavy atom. The van der Waals surface area contributed by atoms with E-state index in [9.17, 15) is 0 Å². The van der Waals surface area contributed by atoms with Gasteiger partial charge in [-0.2, -0.15) is 0 Å². The van der Waals surface area contributed by atoms with E-state index in [-0.39, 0.29) is 0 Å². The number of H-pyrrole nitrogens is 1. The van der Waals surface area contributed by atoms with Crippen molar-refractivity contribution in [2.75, 3.05) is 0 Å². The highest BCUT2D eigenvalue weighted by molar-refractivity contribution is 5.56. The summed E-state index contributed by atoms with van der Waals surface area (Å²) >= 11 is 0. The van der Waals surface area contributed by atoms with Crippen LogP contribution in [0.3, 0.4) is 0 Å². The summed E-state index contributed by atoms with van der Waals surface area (Å²) in [6, 6.07) is 8.63. The fraction of sp³-hybridized carbons (Fsp3) is 0.364. The van der Waals surface area contributed by atoms with Gasteiger partial charge in [-0.15, -0.1) is 5.10 Å². The molecule has 1 fully saturated rings. The van der Waals surface area contributed by atoms with E-state index in [0.29, 0.717) is 11.9 Å². The number of nitrogens with one attached hydrogen (secondary N) is 1. The molecule has 16 heavy (non-hydrogen) atoms. The largest absolute Gasteiger partial charge is 0.490 e. The number of rotatable bonds is 3. The van der Waals surface area contributed by atoms with Gasteiger partial charge in [-0.1, -0.05) is 0 Å². The van der Waals surface area contributed by atoms with Gasteiger partial charge in [0.15, 0.2) is 5.82 Å². The molecule has 1 radical (unpaired) electrons. The summed E-state index contributed by atoms with van der Waals surface area (Å²) in [5, 5.41) is 13.6. The number of hydrogen-bond acceptors (Lipinski definition) is 4. The maximum atomic E-state index is 5.78. The van der Waals surface area contributed by atoms with E-state index in [1.54, 1.807) is 0 Å². The van der Waals surface area contributed by atoms with Crippen LogP contribution >= 0.6 is 0 Å². The van der Waals surface area contributed by atoms with E-state index < -0.39 is 0 Å². The predicted molar refractivity (Wildman–Crippen MR) is 56.7 cm³/mol. The molecule has 1 N–H and O–H groups in total. The zero-order chi connectivity index (χ0) is 10.8. The molecule has 0 amide bonds. The Kier molecular flexibility index (Phi) is 2.29. The SMILES string of the molecule is [c]1cc(OC2CCC2)cc(-c2nnn[nH]2)c1. The first-order valence-corrected chi connectivity index (χ1v) is 5.34. The van der Waals surface area contributed by atoms with Gasteiger partial charge in [0, 0.05) is 5.56 Å². The molecule has 1 aromatic carbocycles. The monoisotopic (exact) mass is 215 g/mol. The molecule has 0 unspecified atom stereocenters. The second-order valence-electron chi connectivity index (χ2n) is 3.88. The second-order valence-corrected chi connectivity index (χ2v) is 3.88. The summed E-state index contributed by atoms with van der Waals surface area (Å²) < 4.78 is 5.78. The molecule has 0 atom stereocenters. The Morgan fingerprint density at radius 3 is 3.00 bits per heavy atom. The minimum absolute atomic E-state index is 0.372. The highest BCUT2D eigenvalue weighted by atomic mass is 16.5. The second kappa shape index (κ2) is 3.92. The minimum Gasteiger partial charge on any atom is -0.490 e. The van der Waals surface area contributed by atoms with Crippen molar-refractivity contribution < 1.29 is 4.74 Å². The average molecular weight is 215 g/mol. The van der Waals surface area contributed by atoms with Gasteiger partial charge in [0.1, 0.15) is 5.75 Å². The lowest BCUT2D eigenvalue weighted by Gasteiger charge is -2.26. The molecule has 2 aromatic rings. The van der Waals surface area contributed by atoms with Crippen LogP contribution in [0, 0.1) is 6.07 Å². The third kappa shape index (κ3) is 1.76. The van der Waals surface area contributed by atoms with Gasteiger partial charge in [-0.05, 0) is 54.0 Å². The zero-order valence-electron chi connectivity index (χ0n) is 8.68. The van der Waals surface area contributed by atoms with E-state index in [2.05, 4.69) is 26.7 Å². The van der Waals surface area contributed by atoms with Gasteiger partial charge in [0.2, 0.25) is 0 Å². The van der Waals surface area contributed by atoms with E-state index in [1.807, 2.05) is 18.2 Å². The Bertz CT molecular complexity index is 465. The molecule has 1 saturated carbocycles. The molecule has 1 aliphatic rings. The zero-order valence-corrected chi connectivity index (χ0v) is 8.68. The van der Waals surface area contributed by atoms with Crippen LogP contribution in [0.2, 0.25) is 0 Å². The minimum atomic E-state index is 0.372. The molecule has 1 heterocycles. The van der Waals surface area contributed by atoms with Gasteiger partial charge in [-0.25, -0.2) is 5.10 Å². The van der Waals surface area contributed by atoms with Crippen molar-refractivity contribution in [3.8, 4) is 17.1 Å². The Morgan fingerprint density at radius 1 is 1.38 bits per heavy atom. The first-order valence-electron chi connectivity index (χ1n) is 5.34. The third-order valence-corrected chi connectivity index (χ3v) is 2.74. The van der Waals surface area contributed by atoms with Gasteiger partial charge in [0.05, 0.1) is 6.10 Å².